The van der Waals surface area contributed by atoms with Gasteiger partial charge in [-0.3, -0.25) is 4.79 Å². The summed E-state index contributed by atoms with van der Waals surface area (Å²) in [5.74, 6) is 0.850. The van der Waals surface area contributed by atoms with Crippen LogP contribution in [0.15, 0.2) is 0 Å². The number of likely N-dealkylation sites (tertiary alicyclic amines) is 1. The van der Waals surface area contributed by atoms with Crippen molar-refractivity contribution < 1.29 is 9.53 Å². The van der Waals surface area contributed by atoms with Crippen molar-refractivity contribution in [3.63, 3.8) is 0 Å². The second-order valence-electron chi connectivity index (χ2n) is 5.99. The standard InChI is InChI=1S/C14H28N2O2S.ClH/c1-14(2,3)19-11-13(17)16-8-5-12(6-9-16)18-10-4-7-15;/h12H,4-11,15H2,1-3H3;1H. The molecule has 1 aliphatic rings. The van der Waals surface area contributed by atoms with Gasteiger partial charge in [0.1, 0.15) is 0 Å². The number of hydrogen-bond acceptors (Lipinski definition) is 4. The first-order chi connectivity index (χ1) is 8.92. The van der Waals surface area contributed by atoms with E-state index in [1.165, 1.54) is 0 Å². The van der Waals surface area contributed by atoms with Gasteiger partial charge in [-0.25, -0.2) is 0 Å². The molecule has 1 saturated heterocycles. The molecule has 0 spiro atoms. The summed E-state index contributed by atoms with van der Waals surface area (Å²) >= 11 is 1.72. The molecule has 0 saturated carbocycles. The second kappa shape index (κ2) is 9.87. The summed E-state index contributed by atoms with van der Waals surface area (Å²) in [5, 5.41) is 0. The van der Waals surface area contributed by atoms with Crippen LogP contribution in [0.25, 0.3) is 0 Å². The summed E-state index contributed by atoms with van der Waals surface area (Å²) in [6.07, 6.45) is 3.14. The minimum Gasteiger partial charge on any atom is -0.378 e. The topological polar surface area (TPSA) is 55.6 Å². The highest BCUT2D eigenvalue weighted by atomic mass is 35.5. The van der Waals surface area contributed by atoms with E-state index in [-0.39, 0.29) is 23.1 Å². The first-order valence-electron chi connectivity index (χ1n) is 7.16. The van der Waals surface area contributed by atoms with Gasteiger partial charge in [0.25, 0.3) is 0 Å². The highest BCUT2D eigenvalue weighted by Crippen LogP contribution is 2.24. The zero-order valence-corrected chi connectivity index (χ0v) is 14.5. The molecule has 120 valence electrons. The normalized spacial score (nSPS) is 16.9. The van der Waals surface area contributed by atoms with E-state index in [0.29, 0.717) is 18.4 Å². The van der Waals surface area contributed by atoms with Gasteiger partial charge in [0.15, 0.2) is 0 Å². The van der Waals surface area contributed by atoms with Crippen molar-refractivity contribution in [2.75, 3.05) is 32.0 Å². The van der Waals surface area contributed by atoms with Crippen molar-refractivity contribution in [3.05, 3.63) is 0 Å². The molecule has 1 fully saturated rings. The molecule has 0 atom stereocenters. The number of halogens is 1. The Bertz CT molecular complexity index is 277. The summed E-state index contributed by atoms with van der Waals surface area (Å²) in [6, 6.07) is 0. The lowest BCUT2D eigenvalue weighted by molar-refractivity contribution is -0.131. The minimum atomic E-state index is 0. The lowest BCUT2D eigenvalue weighted by Crippen LogP contribution is -2.42. The largest absolute Gasteiger partial charge is 0.378 e. The highest BCUT2D eigenvalue weighted by Gasteiger charge is 2.24. The molecule has 0 aromatic carbocycles. The van der Waals surface area contributed by atoms with Crippen molar-refractivity contribution >= 4 is 30.1 Å². The van der Waals surface area contributed by atoms with E-state index in [2.05, 4.69) is 20.8 Å². The Hall–Kier alpha value is 0.0300. The molecule has 1 amide bonds. The molecule has 4 nitrogen and oxygen atoms in total. The van der Waals surface area contributed by atoms with Gasteiger partial charge in [-0.15, -0.1) is 24.2 Å². The van der Waals surface area contributed by atoms with Crippen LogP contribution in [0.5, 0.6) is 0 Å². The maximum atomic E-state index is 12.1. The third-order valence-electron chi connectivity index (χ3n) is 3.13. The predicted octanol–water partition coefficient (Wildman–Crippen LogP) is 2.30. The molecule has 20 heavy (non-hydrogen) atoms. The predicted molar refractivity (Wildman–Crippen MR) is 88.7 cm³/mol. The molecule has 2 N–H and O–H groups in total. The Morgan fingerprint density at radius 1 is 1.35 bits per heavy atom. The monoisotopic (exact) mass is 324 g/mol. The first kappa shape index (κ1) is 20.0. The smallest absolute Gasteiger partial charge is 0.232 e. The van der Waals surface area contributed by atoms with Crippen LogP contribution in [0.1, 0.15) is 40.0 Å². The van der Waals surface area contributed by atoms with Crippen LogP contribution in [-0.2, 0) is 9.53 Å². The van der Waals surface area contributed by atoms with Crippen molar-refractivity contribution in [1.29, 1.82) is 0 Å². The van der Waals surface area contributed by atoms with E-state index in [1.54, 1.807) is 11.8 Å². The molecule has 1 rings (SSSR count). The number of piperidine rings is 1. The SMILES string of the molecule is CC(C)(C)SCC(=O)N1CCC(OCCCN)CC1.Cl. The third kappa shape index (κ3) is 8.35. The van der Waals surface area contributed by atoms with Gasteiger partial charge >= 0.3 is 0 Å². The van der Waals surface area contributed by atoms with Crippen molar-refractivity contribution in [1.82, 2.24) is 4.90 Å². The van der Waals surface area contributed by atoms with Gasteiger partial charge < -0.3 is 15.4 Å². The fourth-order valence-corrected chi connectivity index (χ4v) is 2.71. The van der Waals surface area contributed by atoms with E-state index < -0.39 is 0 Å². The maximum absolute atomic E-state index is 12.1. The van der Waals surface area contributed by atoms with Crippen LogP contribution in [0.2, 0.25) is 0 Å². The van der Waals surface area contributed by atoms with Crippen LogP contribution in [-0.4, -0.2) is 53.7 Å². The average molecular weight is 325 g/mol. The fourth-order valence-electron chi connectivity index (χ4n) is 1.97. The molecule has 0 aromatic heterocycles. The lowest BCUT2D eigenvalue weighted by atomic mass is 10.1. The Balaban J connectivity index is 0.00000361. The number of nitrogens with zero attached hydrogens (tertiary/aromatic N) is 1. The average Bonchev–Trinajstić information content (AvgIpc) is 2.36. The van der Waals surface area contributed by atoms with Crippen molar-refractivity contribution in [2.45, 2.75) is 50.9 Å². The minimum absolute atomic E-state index is 0. The fraction of sp³-hybridized carbons (Fsp3) is 0.929. The van der Waals surface area contributed by atoms with Crippen molar-refractivity contribution in [3.8, 4) is 0 Å². The van der Waals surface area contributed by atoms with Crippen molar-refractivity contribution in [2.24, 2.45) is 5.73 Å². The summed E-state index contributed by atoms with van der Waals surface area (Å²) in [7, 11) is 0. The number of thioether (sulfide) groups is 1. The molecular weight excluding hydrogens is 296 g/mol. The Labute approximate surface area is 133 Å². The number of rotatable bonds is 6. The zero-order chi connectivity index (χ0) is 14.3. The number of nitrogens with two attached hydrogens (primary N) is 1. The summed E-state index contributed by atoms with van der Waals surface area (Å²) in [5.41, 5.74) is 5.44. The van der Waals surface area contributed by atoms with Crippen LogP contribution in [0, 0.1) is 0 Å². The summed E-state index contributed by atoms with van der Waals surface area (Å²) in [4.78, 5) is 14.0. The Morgan fingerprint density at radius 2 is 1.95 bits per heavy atom. The number of ether oxygens (including phenoxy) is 1. The van der Waals surface area contributed by atoms with Crippen LogP contribution < -0.4 is 5.73 Å². The molecule has 1 aliphatic heterocycles. The van der Waals surface area contributed by atoms with Gasteiger partial charge in [-0.1, -0.05) is 20.8 Å². The highest BCUT2D eigenvalue weighted by molar-refractivity contribution is 8.01. The van der Waals surface area contributed by atoms with Crippen LogP contribution in [0.4, 0.5) is 0 Å². The number of carbonyl (C=O) groups is 1. The molecule has 0 radical (unpaired) electrons. The Kier molecular flexibility index (Phi) is 9.89. The summed E-state index contributed by atoms with van der Waals surface area (Å²) in [6.45, 7) is 9.51. The van der Waals surface area contributed by atoms with E-state index >= 15 is 0 Å². The van der Waals surface area contributed by atoms with Crippen LogP contribution in [0.3, 0.4) is 0 Å². The number of amides is 1. The van der Waals surface area contributed by atoms with Gasteiger partial charge in [0, 0.05) is 24.4 Å². The van der Waals surface area contributed by atoms with Crippen LogP contribution >= 0.6 is 24.2 Å². The van der Waals surface area contributed by atoms with E-state index in [0.717, 1.165) is 39.0 Å². The van der Waals surface area contributed by atoms with E-state index in [9.17, 15) is 4.79 Å². The van der Waals surface area contributed by atoms with Gasteiger partial charge in [0.05, 0.1) is 11.9 Å². The quantitative estimate of drug-likeness (QED) is 0.762. The van der Waals surface area contributed by atoms with E-state index in [1.807, 2.05) is 4.90 Å². The third-order valence-corrected chi connectivity index (χ3v) is 4.38. The molecule has 0 bridgehead atoms. The molecule has 6 heteroatoms. The Morgan fingerprint density at radius 3 is 2.45 bits per heavy atom. The number of carbonyl (C=O) groups excluding carboxylic acids is 1. The molecular formula is C14H29ClN2O2S. The summed E-state index contributed by atoms with van der Waals surface area (Å²) < 4.78 is 5.89. The first-order valence-corrected chi connectivity index (χ1v) is 8.14. The number of hydrogen-bond donors (Lipinski definition) is 1. The van der Waals surface area contributed by atoms with E-state index in [4.69, 9.17) is 10.5 Å². The molecule has 0 aromatic rings. The van der Waals surface area contributed by atoms with Gasteiger partial charge in [0.2, 0.25) is 5.91 Å². The molecule has 1 heterocycles. The molecule has 0 unspecified atom stereocenters. The van der Waals surface area contributed by atoms with Gasteiger partial charge in [-0.2, -0.15) is 0 Å². The lowest BCUT2D eigenvalue weighted by Gasteiger charge is -2.32. The zero-order valence-electron chi connectivity index (χ0n) is 12.9. The maximum Gasteiger partial charge on any atom is 0.232 e. The molecule has 0 aliphatic carbocycles. The van der Waals surface area contributed by atoms with Gasteiger partial charge in [-0.05, 0) is 25.8 Å². The second-order valence-corrected chi connectivity index (χ2v) is 7.80.